The van der Waals surface area contributed by atoms with E-state index < -0.39 is 0 Å². The van der Waals surface area contributed by atoms with E-state index in [9.17, 15) is 0 Å². The highest BCUT2D eigenvalue weighted by atomic mass is 35.5. The molecule has 2 nitrogen and oxygen atoms in total. The van der Waals surface area contributed by atoms with Gasteiger partial charge in [-0.05, 0) is 12.1 Å². The molecule has 9 heavy (non-hydrogen) atoms. The fourth-order valence-corrected chi connectivity index (χ4v) is 0.602. The number of methoxy groups -OCH3 is 1. The maximum absolute atomic E-state index is 5.50. The summed E-state index contributed by atoms with van der Waals surface area (Å²) >= 11 is 5.50. The molecule has 0 amide bonds. The van der Waals surface area contributed by atoms with Gasteiger partial charge >= 0.3 is 0 Å². The second kappa shape index (κ2) is 2.69. The van der Waals surface area contributed by atoms with Crippen LogP contribution < -0.4 is 4.74 Å². The van der Waals surface area contributed by atoms with E-state index in [0.717, 1.165) is 0 Å². The zero-order valence-electron chi connectivity index (χ0n) is 4.89. The smallest absolute Gasteiger partial charge is 0.214 e. The monoisotopic (exact) mass is 142 g/mol. The van der Waals surface area contributed by atoms with Gasteiger partial charge in [0.05, 0.1) is 7.11 Å². The molecule has 47 valence electrons. The molecule has 0 aromatic carbocycles. The number of aromatic nitrogens is 1. The van der Waals surface area contributed by atoms with Crippen molar-refractivity contribution in [3.05, 3.63) is 23.4 Å². The van der Waals surface area contributed by atoms with Crippen LogP contribution in [0.3, 0.4) is 0 Å². The van der Waals surface area contributed by atoms with Crippen molar-refractivity contribution in [2.24, 2.45) is 0 Å². The molecule has 0 unspecified atom stereocenters. The fourth-order valence-electron chi connectivity index (χ4n) is 0.456. The van der Waals surface area contributed by atoms with Gasteiger partial charge in [0.25, 0.3) is 0 Å². The van der Waals surface area contributed by atoms with Crippen molar-refractivity contribution in [3.8, 4) is 5.88 Å². The summed E-state index contributed by atoms with van der Waals surface area (Å²) in [5.41, 5.74) is 0. The molecule has 0 spiro atoms. The van der Waals surface area contributed by atoms with E-state index >= 15 is 0 Å². The third-order valence-electron chi connectivity index (χ3n) is 0.835. The van der Waals surface area contributed by atoms with Crippen LogP contribution in [0.1, 0.15) is 0 Å². The molecule has 0 bridgehead atoms. The minimum absolute atomic E-state index is 0.398. The SMILES string of the molecule is COc1c[c]cc(Cl)n1. The lowest BCUT2D eigenvalue weighted by Gasteiger charge is -1.94. The van der Waals surface area contributed by atoms with E-state index in [-0.39, 0.29) is 0 Å². The van der Waals surface area contributed by atoms with Gasteiger partial charge in [-0.2, -0.15) is 0 Å². The summed E-state index contributed by atoms with van der Waals surface area (Å²) in [5.74, 6) is 0.488. The van der Waals surface area contributed by atoms with Crippen LogP contribution in [0.4, 0.5) is 0 Å². The van der Waals surface area contributed by atoms with E-state index in [1.54, 1.807) is 12.1 Å². The summed E-state index contributed by atoms with van der Waals surface area (Å²) in [6.07, 6.45) is 0. The maximum atomic E-state index is 5.50. The molecule has 0 saturated heterocycles. The first kappa shape index (κ1) is 6.36. The van der Waals surface area contributed by atoms with Crippen LogP contribution in [-0.4, -0.2) is 12.1 Å². The van der Waals surface area contributed by atoms with E-state index in [2.05, 4.69) is 11.1 Å². The van der Waals surface area contributed by atoms with Crippen LogP contribution in [0.5, 0.6) is 5.88 Å². The summed E-state index contributed by atoms with van der Waals surface area (Å²) < 4.78 is 4.77. The number of rotatable bonds is 1. The first-order valence-corrected chi connectivity index (χ1v) is 2.78. The van der Waals surface area contributed by atoms with Gasteiger partial charge in [-0.3, -0.25) is 0 Å². The van der Waals surface area contributed by atoms with Gasteiger partial charge in [0.15, 0.2) is 0 Å². The van der Waals surface area contributed by atoms with E-state index in [1.807, 2.05) is 0 Å². The summed E-state index contributed by atoms with van der Waals surface area (Å²) in [6.45, 7) is 0. The number of ether oxygens (including phenoxy) is 1. The molecule has 3 heteroatoms. The Morgan fingerprint density at radius 1 is 1.67 bits per heavy atom. The second-order valence-corrected chi connectivity index (χ2v) is 1.82. The van der Waals surface area contributed by atoms with Gasteiger partial charge < -0.3 is 4.74 Å². The predicted molar refractivity (Wildman–Crippen MR) is 34.6 cm³/mol. The van der Waals surface area contributed by atoms with Crippen LogP contribution >= 0.6 is 11.6 Å². The van der Waals surface area contributed by atoms with Crippen LogP contribution in [0.25, 0.3) is 0 Å². The summed E-state index contributed by atoms with van der Waals surface area (Å²) in [5, 5.41) is 0.398. The first-order chi connectivity index (χ1) is 4.33. The number of hydrogen-bond donors (Lipinski definition) is 0. The van der Waals surface area contributed by atoms with Gasteiger partial charge in [-0.1, -0.05) is 11.6 Å². The van der Waals surface area contributed by atoms with Gasteiger partial charge in [0.2, 0.25) is 5.88 Å². The zero-order valence-corrected chi connectivity index (χ0v) is 5.64. The molecule has 0 aliphatic heterocycles. The molecule has 1 heterocycles. The topological polar surface area (TPSA) is 22.1 Å². The summed E-state index contributed by atoms with van der Waals surface area (Å²) in [4.78, 5) is 3.80. The molecule has 0 N–H and O–H groups in total. The van der Waals surface area contributed by atoms with Crippen LogP contribution in [0.15, 0.2) is 12.1 Å². The summed E-state index contributed by atoms with van der Waals surface area (Å²) in [7, 11) is 1.53. The highest BCUT2D eigenvalue weighted by Gasteiger charge is 1.90. The molecule has 1 rings (SSSR count). The van der Waals surface area contributed by atoms with Crippen molar-refractivity contribution >= 4 is 11.6 Å². The highest BCUT2D eigenvalue weighted by Crippen LogP contribution is 2.09. The lowest BCUT2D eigenvalue weighted by Crippen LogP contribution is -1.85. The number of hydrogen-bond acceptors (Lipinski definition) is 2. The van der Waals surface area contributed by atoms with Crippen molar-refractivity contribution in [2.45, 2.75) is 0 Å². The lowest BCUT2D eigenvalue weighted by molar-refractivity contribution is 0.398. The molecular formula is C6H5ClNO. The van der Waals surface area contributed by atoms with Crippen molar-refractivity contribution < 1.29 is 4.74 Å². The Kier molecular flexibility index (Phi) is 1.90. The van der Waals surface area contributed by atoms with Crippen LogP contribution in [0.2, 0.25) is 5.15 Å². The lowest BCUT2D eigenvalue weighted by atomic mass is 10.5. The Labute approximate surface area is 58.4 Å². The molecule has 0 fully saturated rings. The predicted octanol–water partition coefficient (Wildman–Crippen LogP) is 1.54. The molecule has 0 atom stereocenters. The largest absolute Gasteiger partial charge is 0.481 e. The number of nitrogens with zero attached hydrogens (tertiary/aromatic N) is 1. The number of halogens is 1. The summed E-state index contributed by atoms with van der Waals surface area (Å²) in [6, 6.07) is 5.95. The normalized spacial score (nSPS) is 9.11. The van der Waals surface area contributed by atoms with E-state index in [1.165, 1.54) is 7.11 Å². The minimum Gasteiger partial charge on any atom is -0.481 e. The van der Waals surface area contributed by atoms with E-state index in [4.69, 9.17) is 16.3 Å². The highest BCUT2D eigenvalue weighted by molar-refractivity contribution is 6.29. The molecule has 1 aromatic heterocycles. The van der Waals surface area contributed by atoms with Crippen LogP contribution in [0, 0.1) is 6.07 Å². The average Bonchev–Trinajstić information content (AvgIpc) is 1.88. The fraction of sp³-hybridized carbons (Fsp3) is 0.167. The molecule has 0 aliphatic carbocycles. The third kappa shape index (κ3) is 1.57. The van der Waals surface area contributed by atoms with Crippen molar-refractivity contribution in [1.29, 1.82) is 0 Å². The molecule has 1 aromatic rings. The molecule has 1 radical (unpaired) electrons. The van der Waals surface area contributed by atoms with E-state index in [0.29, 0.717) is 11.0 Å². The Morgan fingerprint density at radius 3 is 2.89 bits per heavy atom. The van der Waals surface area contributed by atoms with Gasteiger partial charge in [0.1, 0.15) is 5.15 Å². The van der Waals surface area contributed by atoms with Gasteiger partial charge in [0, 0.05) is 6.07 Å². The standard InChI is InChI=1S/C6H5ClNO/c1-9-6-4-2-3-5(7)8-6/h3-4H,1H3. The van der Waals surface area contributed by atoms with Crippen molar-refractivity contribution in [1.82, 2.24) is 4.98 Å². The zero-order chi connectivity index (χ0) is 6.69. The van der Waals surface area contributed by atoms with Crippen molar-refractivity contribution in [2.75, 3.05) is 7.11 Å². The number of pyridine rings is 1. The Hall–Kier alpha value is -0.760. The van der Waals surface area contributed by atoms with Gasteiger partial charge in [-0.15, -0.1) is 0 Å². The van der Waals surface area contributed by atoms with Crippen molar-refractivity contribution in [3.63, 3.8) is 0 Å². The Bertz CT molecular complexity index is 202. The molecule has 0 saturated carbocycles. The van der Waals surface area contributed by atoms with Crippen LogP contribution in [-0.2, 0) is 0 Å². The minimum atomic E-state index is 0.398. The van der Waals surface area contributed by atoms with Gasteiger partial charge in [-0.25, -0.2) is 4.98 Å². The molecule has 0 aliphatic rings. The quantitative estimate of drug-likeness (QED) is 0.555. The first-order valence-electron chi connectivity index (χ1n) is 2.40. The molecular weight excluding hydrogens is 138 g/mol. The average molecular weight is 143 g/mol. The third-order valence-corrected chi connectivity index (χ3v) is 1.03. The Balaban J connectivity index is 2.94. The maximum Gasteiger partial charge on any atom is 0.214 e. The Morgan fingerprint density at radius 2 is 2.44 bits per heavy atom. The second-order valence-electron chi connectivity index (χ2n) is 1.43.